The van der Waals surface area contributed by atoms with Gasteiger partial charge in [0.1, 0.15) is 5.82 Å². The van der Waals surface area contributed by atoms with Crippen LogP contribution in [0.3, 0.4) is 0 Å². The molecule has 96 valence electrons. The summed E-state index contributed by atoms with van der Waals surface area (Å²) < 4.78 is 1.94. The molecule has 2 atom stereocenters. The molecule has 2 N–H and O–H groups in total. The minimum absolute atomic E-state index is 0.614. The van der Waals surface area contributed by atoms with Crippen LogP contribution in [0.5, 0.6) is 0 Å². The number of piperidine rings is 1. The predicted molar refractivity (Wildman–Crippen MR) is 70.7 cm³/mol. The molecule has 0 aromatic carbocycles. The maximum Gasteiger partial charge on any atom is 0.145 e. The number of hydrogen-bond acceptors (Lipinski definition) is 3. The number of nitrogens with zero attached hydrogens (tertiary/aromatic N) is 3. The van der Waals surface area contributed by atoms with Crippen molar-refractivity contribution < 1.29 is 0 Å². The molecule has 4 nitrogen and oxygen atoms in total. The Bertz CT molecular complexity index is 347. The van der Waals surface area contributed by atoms with E-state index in [4.69, 9.17) is 5.73 Å². The summed E-state index contributed by atoms with van der Waals surface area (Å²) in [6, 6.07) is 2.57. The molecule has 1 aromatic rings. The van der Waals surface area contributed by atoms with E-state index in [0.717, 1.165) is 19.0 Å². The molecule has 4 heteroatoms. The van der Waals surface area contributed by atoms with Crippen molar-refractivity contribution in [3.63, 3.8) is 0 Å². The second-order valence-corrected chi connectivity index (χ2v) is 5.20. The van der Waals surface area contributed by atoms with E-state index in [-0.39, 0.29) is 0 Å². The van der Waals surface area contributed by atoms with Crippen molar-refractivity contribution in [1.82, 2.24) is 14.7 Å². The molecule has 2 rings (SSSR count). The van der Waals surface area contributed by atoms with Gasteiger partial charge in [-0.15, -0.1) is 0 Å². The lowest BCUT2D eigenvalue weighted by molar-refractivity contribution is 0.110. The molecule has 0 saturated carbocycles. The Morgan fingerprint density at radius 1 is 1.41 bits per heavy atom. The lowest BCUT2D eigenvalue weighted by atomic mass is 9.91. The molecule has 1 aliphatic rings. The maximum atomic E-state index is 5.61. The van der Waals surface area contributed by atoms with Gasteiger partial charge < -0.3 is 5.73 Å². The normalized spacial score (nSPS) is 26.2. The molecule has 2 heterocycles. The van der Waals surface area contributed by atoms with Gasteiger partial charge in [0.2, 0.25) is 0 Å². The minimum Gasteiger partial charge on any atom is -0.382 e. The van der Waals surface area contributed by atoms with Crippen LogP contribution in [-0.4, -0.2) is 33.8 Å². The Balaban J connectivity index is 1.84. The van der Waals surface area contributed by atoms with E-state index in [9.17, 15) is 0 Å². The standard InChI is InChI=1S/C13H24N4/c1-3-12-5-4-11(2)16(10-12)8-9-17-7-6-13(14)15-17/h6-7,11-12H,3-5,8-10H2,1-2H3,(H2,14,15). The second kappa shape index (κ2) is 5.54. The smallest absolute Gasteiger partial charge is 0.145 e. The molecule has 1 fully saturated rings. The van der Waals surface area contributed by atoms with Gasteiger partial charge in [-0.3, -0.25) is 9.58 Å². The van der Waals surface area contributed by atoms with E-state index >= 15 is 0 Å². The van der Waals surface area contributed by atoms with Crippen LogP contribution in [0.15, 0.2) is 12.3 Å². The van der Waals surface area contributed by atoms with Crippen LogP contribution >= 0.6 is 0 Å². The Kier molecular flexibility index (Phi) is 4.05. The Morgan fingerprint density at radius 3 is 2.88 bits per heavy atom. The number of anilines is 1. The van der Waals surface area contributed by atoms with Crippen molar-refractivity contribution in [2.24, 2.45) is 5.92 Å². The lowest BCUT2D eigenvalue weighted by Gasteiger charge is -2.37. The van der Waals surface area contributed by atoms with Crippen LogP contribution in [0.4, 0.5) is 5.82 Å². The first-order valence-electron chi connectivity index (χ1n) is 6.72. The Morgan fingerprint density at radius 2 is 2.24 bits per heavy atom. The summed E-state index contributed by atoms with van der Waals surface area (Å²) in [5.74, 6) is 1.50. The van der Waals surface area contributed by atoms with E-state index < -0.39 is 0 Å². The van der Waals surface area contributed by atoms with Crippen LogP contribution in [0.25, 0.3) is 0 Å². The average Bonchev–Trinajstić information content (AvgIpc) is 2.74. The van der Waals surface area contributed by atoms with Crippen LogP contribution in [0.2, 0.25) is 0 Å². The molecule has 0 spiro atoms. The quantitative estimate of drug-likeness (QED) is 0.869. The highest BCUT2D eigenvalue weighted by molar-refractivity contribution is 5.23. The number of rotatable bonds is 4. The van der Waals surface area contributed by atoms with Gasteiger partial charge >= 0.3 is 0 Å². The fourth-order valence-electron chi connectivity index (χ4n) is 2.64. The summed E-state index contributed by atoms with van der Waals surface area (Å²) in [6.07, 6.45) is 5.99. The molecule has 17 heavy (non-hydrogen) atoms. The second-order valence-electron chi connectivity index (χ2n) is 5.20. The number of likely N-dealkylation sites (tertiary alicyclic amines) is 1. The van der Waals surface area contributed by atoms with E-state index in [0.29, 0.717) is 11.9 Å². The monoisotopic (exact) mass is 236 g/mol. The fourth-order valence-corrected chi connectivity index (χ4v) is 2.64. The van der Waals surface area contributed by atoms with Gasteiger partial charge in [0.05, 0.1) is 6.54 Å². The Hall–Kier alpha value is -1.03. The summed E-state index contributed by atoms with van der Waals surface area (Å²) in [5, 5.41) is 4.23. The third-order valence-corrected chi connectivity index (χ3v) is 3.96. The highest BCUT2D eigenvalue weighted by Gasteiger charge is 2.23. The zero-order chi connectivity index (χ0) is 12.3. The predicted octanol–water partition coefficient (Wildman–Crippen LogP) is 1.98. The lowest BCUT2D eigenvalue weighted by Crippen LogP contribution is -2.43. The molecule has 0 aliphatic carbocycles. The fraction of sp³-hybridized carbons (Fsp3) is 0.769. The van der Waals surface area contributed by atoms with Gasteiger partial charge in [-0.1, -0.05) is 13.3 Å². The zero-order valence-corrected chi connectivity index (χ0v) is 11.0. The van der Waals surface area contributed by atoms with Gasteiger partial charge in [0, 0.05) is 25.3 Å². The van der Waals surface area contributed by atoms with Crippen molar-refractivity contribution >= 4 is 5.82 Å². The van der Waals surface area contributed by atoms with Gasteiger partial charge in [0.15, 0.2) is 0 Å². The van der Waals surface area contributed by atoms with Gasteiger partial charge in [-0.05, 0) is 31.7 Å². The largest absolute Gasteiger partial charge is 0.382 e. The Labute approximate surface area is 104 Å². The highest BCUT2D eigenvalue weighted by Crippen LogP contribution is 2.23. The molecule has 1 aromatic heterocycles. The summed E-state index contributed by atoms with van der Waals surface area (Å²) >= 11 is 0. The van der Waals surface area contributed by atoms with E-state index in [1.165, 1.54) is 25.8 Å². The molecule has 1 saturated heterocycles. The maximum absolute atomic E-state index is 5.61. The SMILES string of the molecule is CCC1CCC(C)N(CCn2ccc(N)n2)C1. The van der Waals surface area contributed by atoms with Crippen LogP contribution in [0.1, 0.15) is 33.1 Å². The number of aromatic nitrogens is 2. The summed E-state index contributed by atoms with van der Waals surface area (Å²) in [4.78, 5) is 2.59. The number of nitrogen functional groups attached to an aromatic ring is 1. The summed E-state index contributed by atoms with van der Waals surface area (Å²) in [7, 11) is 0. The van der Waals surface area contributed by atoms with E-state index in [1.54, 1.807) is 0 Å². The molecule has 1 aliphatic heterocycles. The van der Waals surface area contributed by atoms with Gasteiger partial charge in [-0.2, -0.15) is 5.10 Å². The van der Waals surface area contributed by atoms with Crippen molar-refractivity contribution in [2.75, 3.05) is 18.8 Å². The molecule has 2 unspecified atom stereocenters. The third kappa shape index (κ3) is 3.22. The molecule has 0 radical (unpaired) electrons. The van der Waals surface area contributed by atoms with Gasteiger partial charge in [-0.25, -0.2) is 0 Å². The van der Waals surface area contributed by atoms with Crippen LogP contribution in [0, 0.1) is 5.92 Å². The first-order chi connectivity index (χ1) is 8.19. The summed E-state index contributed by atoms with van der Waals surface area (Å²) in [6.45, 7) is 7.90. The van der Waals surface area contributed by atoms with Crippen molar-refractivity contribution in [2.45, 2.75) is 45.7 Å². The van der Waals surface area contributed by atoms with Crippen molar-refractivity contribution in [1.29, 1.82) is 0 Å². The third-order valence-electron chi connectivity index (χ3n) is 3.96. The van der Waals surface area contributed by atoms with E-state index in [2.05, 4.69) is 23.8 Å². The molecular weight excluding hydrogens is 212 g/mol. The van der Waals surface area contributed by atoms with Crippen molar-refractivity contribution in [3.05, 3.63) is 12.3 Å². The van der Waals surface area contributed by atoms with Crippen molar-refractivity contribution in [3.8, 4) is 0 Å². The zero-order valence-electron chi connectivity index (χ0n) is 11.0. The highest BCUT2D eigenvalue weighted by atomic mass is 15.3. The summed E-state index contributed by atoms with van der Waals surface area (Å²) in [5.41, 5.74) is 5.61. The first kappa shape index (κ1) is 12.4. The molecule has 0 amide bonds. The number of hydrogen-bond donors (Lipinski definition) is 1. The average molecular weight is 236 g/mol. The number of nitrogens with two attached hydrogens (primary N) is 1. The van der Waals surface area contributed by atoms with Crippen LogP contribution < -0.4 is 5.73 Å². The molecule has 0 bridgehead atoms. The molecular formula is C13H24N4. The van der Waals surface area contributed by atoms with E-state index in [1.807, 2.05) is 16.9 Å². The topological polar surface area (TPSA) is 47.1 Å². The van der Waals surface area contributed by atoms with Crippen LogP contribution in [-0.2, 0) is 6.54 Å². The van der Waals surface area contributed by atoms with Gasteiger partial charge in [0.25, 0.3) is 0 Å². The first-order valence-corrected chi connectivity index (χ1v) is 6.72. The minimum atomic E-state index is 0.614.